The zero-order valence-corrected chi connectivity index (χ0v) is 9.77. The number of aryl methyl sites for hydroxylation is 1. The van der Waals surface area contributed by atoms with E-state index in [0.717, 1.165) is 12.1 Å². The van der Waals surface area contributed by atoms with Crippen molar-refractivity contribution in [3.8, 4) is 5.88 Å². The number of nitrogens with zero attached hydrogens (tertiary/aromatic N) is 2. The van der Waals surface area contributed by atoms with Gasteiger partial charge in [0.1, 0.15) is 0 Å². The van der Waals surface area contributed by atoms with Gasteiger partial charge in [0.15, 0.2) is 5.84 Å². The Morgan fingerprint density at radius 1 is 1.62 bits per heavy atom. The first-order valence-corrected chi connectivity index (χ1v) is 5.20. The third kappa shape index (κ3) is 2.85. The van der Waals surface area contributed by atoms with Gasteiger partial charge in [-0.3, -0.25) is 0 Å². The second-order valence-corrected chi connectivity index (χ2v) is 3.63. The van der Waals surface area contributed by atoms with Crippen LogP contribution in [0.3, 0.4) is 0 Å². The Hall–Kier alpha value is -1.78. The number of oxime groups is 1. The van der Waals surface area contributed by atoms with Gasteiger partial charge >= 0.3 is 0 Å². The summed E-state index contributed by atoms with van der Waals surface area (Å²) < 4.78 is 5.62. The molecule has 88 valence electrons. The number of nitrogens with two attached hydrogens (primary N) is 1. The van der Waals surface area contributed by atoms with Gasteiger partial charge in [0.25, 0.3) is 0 Å². The molecule has 0 aromatic carbocycles. The van der Waals surface area contributed by atoms with Crippen LogP contribution in [0.4, 0.5) is 0 Å². The first-order chi connectivity index (χ1) is 7.58. The van der Waals surface area contributed by atoms with Gasteiger partial charge in [-0.25, -0.2) is 4.98 Å². The fourth-order valence-corrected chi connectivity index (χ4v) is 1.15. The van der Waals surface area contributed by atoms with Crippen LogP contribution in [0.5, 0.6) is 5.88 Å². The fraction of sp³-hybridized carbons (Fsp3) is 0.455. The van der Waals surface area contributed by atoms with Gasteiger partial charge in [-0.15, -0.1) is 0 Å². The van der Waals surface area contributed by atoms with Crippen molar-refractivity contribution in [2.24, 2.45) is 10.9 Å². The van der Waals surface area contributed by atoms with Gasteiger partial charge in [0.05, 0.1) is 11.7 Å². The third-order valence-electron chi connectivity index (χ3n) is 2.27. The maximum atomic E-state index is 8.65. The standard InChI is InChI=1S/C11H17N3O2/c1-4-8(3)16-11-9(10(12)14-15)6-5-7(2)13-11/h5-6,8,15H,4H2,1-3H3,(H2,12,14). The molecule has 3 N–H and O–H groups in total. The molecule has 1 rings (SSSR count). The van der Waals surface area contributed by atoms with E-state index in [0.29, 0.717) is 11.4 Å². The highest BCUT2D eigenvalue weighted by molar-refractivity contribution is 5.99. The van der Waals surface area contributed by atoms with Crippen LogP contribution in [0.25, 0.3) is 0 Å². The highest BCUT2D eigenvalue weighted by Crippen LogP contribution is 2.18. The average Bonchev–Trinajstić information content (AvgIpc) is 2.28. The lowest BCUT2D eigenvalue weighted by Crippen LogP contribution is -2.19. The van der Waals surface area contributed by atoms with E-state index in [1.807, 2.05) is 20.8 Å². The van der Waals surface area contributed by atoms with Crippen molar-refractivity contribution in [1.29, 1.82) is 0 Å². The largest absolute Gasteiger partial charge is 0.474 e. The summed E-state index contributed by atoms with van der Waals surface area (Å²) in [6.07, 6.45) is 0.908. The highest BCUT2D eigenvalue weighted by atomic mass is 16.5. The number of pyridine rings is 1. The molecular weight excluding hydrogens is 206 g/mol. The molecule has 0 aliphatic rings. The van der Waals surface area contributed by atoms with Gasteiger partial charge in [-0.2, -0.15) is 0 Å². The Labute approximate surface area is 94.9 Å². The summed E-state index contributed by atoms with van der Waals surface area (Å²) in [6, 6.07) is 3.52. The predicted molar refractivity (Wildman–Crippen MR) is 61.9 cm³/mol. The summed E-state index contributed by atoms with van der Waals surface area (Å²) in [5.74, 6) is 0.412. The first-order valence-electron chi connectivity index (χ1n) is 5.20. The number of hydrogen-bond acceptors (Lipinski definition) is 4. The van der Waals surface area contributed by atoms with Crippen LogP contribution in [-0.4, -0.2) is 22.1 Å². The number of hydrogen-bond donors (Lipinski definition) is 2. The Kier molecular flexibility index (Phi) is 4.10. The molecule has 1 atom stereocenters. The molecule has 1 heterocycles. The van der Waals surface area contributed by atoms with E-state index in [1.54, 1.807) is 12.1 Å². The lowest BCUT2D eigenvalue weighted by molar-refractivity contribution is 0.207. The minimum absolute atomic E-state index is 0.00537. The third-order valence-corrected chi connectivity index (χ3v) is 2.27. The first kappa shape index (κ1) is 12.3. The van der Waals surface area contributed by atoms with Crippen molar-refractivity contribution < 1.29 is 9.94 Å². The van der Waals surface area contributed by atoms with Crippen LogP contribution in [0, 0.1) is 6.92 Å². The minimum Gasteiger partial charge on any atom is -0.474 e. The predicted octanol–water partition coefficient (Wildman–Crippen LogP) is 1.66. The molecule has 0 amide bonds. The maximum absolute atomic E-state index is 8.65. The molecule has 16 heavy (non-hydrogen) atoms. The average molecular weight is 223 g/mol. The van der Waals surface area contributed by atoms with E-state index in [9.17, 15) is 0 Å². The van der Waals surface area contributed by atoms with E-state index in [1.165, 1.54) is 0 Å². The molecule has 1 unspecified atom stereocenters. The number of ether oxygens (including phenoxy) is 1. The molecule has 0 bridgehead atoms. The monoisotopic (exact) mass is 223 g/mol. The Balaban J connectivity index is 3.08. The maximum Gasteiger partial charge on any atom is 0.225 e. The van der Waals surface area contributed by atoms with Gasteiger partial charge in [-0.1, -0.05) is 12.1 Å². The van der Waals surface area contributed by atoms with Crippen LogP contribution in [-0.2, 0) is 0 Å². The zero-order chi connectivity index (χ0) is 12.1. The van der Waals surface area contributed by atoms with Crippen molar-refractivity contribution in [3.63, 3.8) is 0 Å². The van der Waals surface area contributed by atoms with Crippen molar-refractivity contribution in [2.75, 3.05) is 0 Å². The van der Waals surface area contributed by atoms with Gasteiger partial charge < -0.3 is 15.7 Å². The van der Waals surface area contributed by atoms with Crippen LogP contribution >= 0.6 is 0 Å². The number of amidine groups is 1. The Bertz CT molecular complexity index is 391. The lowest BCUT2D eigenvalue weighted by atomic mass is 10.2. The van der Waals surface area contributed by atoms with E-state index >= 15 is 0 Å². The number of aromatic nitrogens is 1. The molecule has 5 heteroatoms. The van der Waals surface area contributed by atoms with E-state index < -0.39 is 0 Å². The molecule has 0 radical (unpaired) electrons. The molecule has 0 aliphatic carbocycles. The quantitative estimate of drug-likeness (QED) is 0.352. The summed E-state index contributed by atoms with van der Waals surface area (Å²) in [6.45, 7) is 5.82. The molecular formula is C11H17N3O2. The topological polar surface area (TPSA) is 80.7 Å². The van der Waals surface area contributed by atoms with E-state index in [-0.39, 0.29) is 11.9 Å². The number of rotatable bonds is 4. The Morgan fingerprint density at radius 2 is 2.31 bits per heavy atom. The van der Waals surface area contributed by atoms with Crippen LogP contribution in [0.2, 0.25) is 0 Å². The molecule has 5 nitrogen and oxygen atoms in total. The second-order valence-electron chi connectivity index (χ2n) is 3.63. The molecule has 0 saturated heterocycles. The molecule has 0 spiro atoms. The molecule has 0 fully saturated rings. The normalized spacial score (nSPS) is 13.6. The van der Waals surface area contributed by atoms with Crippen molar-refractivity contribution >= 4 is 5.84 Å². The van der Waals surface area contributed by atoms with Crippen LogP contribution in [0.1, 0.15) is 31.5 Å². The van der Waals surface area contributed by atoms with Gasteiger partial charge in [0, 0.05) is 5.69 Å². The minimum atomic E-state index is 0.00537. The van der Waals surface area contributed by atoms with Gasteiger partial charge in [0.2, 0.25) is 5.88 Å². The van der Waals surface area contributed by atoms with E-state index in [2.05, 4.69) is 10.1 Å². The summed E-state index contributed by atoms with van der Waals surface area (Å²) in [7, 11) is 0. The summed E-state index contributed by atoms with van der Waals surface area (Å²) in [5.41, 5.74) is 6.88. The van der Waals surface area contributed by atoms with Crippen molar-refractivity contribution in [1.82, 2.24) is 4.98 Å². The lowest BCUT2D eigenvalue weighted by Gasteiger charge is -2.14. The van der Waals surface area contributed by atoms with Crippen LogP contribution in [0.15, 0.2) is 17.3 Å². The summed E-state index contributed by atoms with van der Waals surface area (Å²) in [4.78, 5) is 4.24. The molecule has 0 aliphatic heterocycles. The molecule has 1 aromatic heterocycles. The van der Waals surface area contributed by atoms with Crippen molar-refractivity contribution in [3.05, 3.63) is 23.4 Å². The van der Waals surface area contributed by atoms with E-state index in [4.69, 9.17) is 15.7 Å². The molecule has 0 saturated carbocycles. The van der Waals surface area contributed by atoms with Gasteiger partial charge in [-0.05, 0) is 32.4 Å². The Morgan fingerprint density at radius 3 is 2.88 bits per heavy atom. The van der Waals surface area contributed by atoms with Crippen LogP contribution < -0.4 is 10.5 Å². The van der Waals surface area contributed by atoms with Crippen molar-refractivity contribution in [2.45, 2.75) is 33.3 Å². The zero-order valence-electron chi connectivity index (χ0n) is 9.77. The summed E-state index contributed by atoms with van der Waals surface area (Å²) in [5, 5.41) is 11.6. The molecule has 1 aromatic rings. The fourth-order valence-electron chi connectivity index (χ4n) is 1.15. The SMILES string of the molecule is CCC(C)Oc1nc(C)ccc1C(N)=NO. The summed E-state index contributed by atoms with van der Waals surface area (Å²) >= 11 is 0. The second kappa shape index (κ2) is 5.34. The highest BCUT2D eigenvalue weighted by Gasteiger charge is 2.12. The smallest absolute Gasteiger partial charge is 0.225 e.